The Kier molecular flexibility index (Phi) is 2.18. The molecule has 0 bridgehead atoms. The fourth-order valence-corrected chi connectivity index (χ4v) is 1.70. The smallest absolute Gasteiger partial charge is 0.142 e. The lowest BCUT2D eigenvalue weighted by Gasteiger charge is -2.01. The first kappa shape index (κ1) is 9.10. The molecule has 2 nitrogen and oxygen atoms in total. The lowest BCUT2D eigenvalue weighted by atomic mass is 10.1. The molecule has 0 aliphatic carbocycles. The molecule has 1 aromatic heterocycles. The average molecular weight is 251 g/mol. The number of fused-ring (bicyclic) bond motifs is 1. The van der Waals surface area contributed by atoms with Crippen molar-refractivity contribution < 1.29 is 4.39 Å². The number of hydrogen-bond acceptors (Lipinski definition) is 2. The van der Waals surface area contributed by atoms with Crippen LogP contribution >= 0.6 is 15.9 Å². The maximum atomic E-state index is 12.9. The molecule has 0 atom stereocenters. The zero-order valence-corrected chi connectivity index (χ0v) is 8.55. The molecule has 0 N–H and O–H groups in total. The van der Waals surface area contributed by atoms with Gasteiger partial charge < -0.3 is 0 Å². The van der Waals surface area contributed by atoms with E-state index in [0.29, 0.717) is 20.9 Å². The fourth-order valence-electron chi connectivity index (χ4n) is 1.26. The number of nitrogens with zero attached hydrogens (tertiary/aromatic N) is 2. The van der Waals surface area contributed by atoms with Crippen LogP contribution in [0.25, 0.3) is 10.9 Å². The largest absolute Gasteiger partial charge is 0.253 e. The van der Waals surface area contributed by atoms with E-state index in [1.807, 2.05) is 6.07 Å². The van der Waals surface area contributed by atoms with Gasteiger partial charge in [0.25, 0.3) is 0 Å². The molecule has 0 fully saturated rings. The van der Waals surface area contributed by atoms with E-state index in [1.165, 1.54) is 6.07 Å². The van der Waals surface area contributed by atoms with E-state index in [4.69, 9.17) is 5.26 Å². The number of halogens is 2. The van der Waals surface area contributed by atoms with Crippen LogP contribution in [-0.4, -0.2) is 4.98 Å². The number of pyridine rings is 1. The normalized spacial score (nSPS) is 10.1. The maximum Gasteiger partial charge on any atom is 0.142 e. The van der Waals surface area contributed by atoms with Gasteiger partial charge in [-0.15, -0.1) is 0 Å². The summed E-state index contributed by atoms with van der Waals surface area (Å²) in [6.45, 7) is 0. The third-order valence-corrected chi connectivity index (χ3v) is 2.55. The first-order valence-corrected chi connectivity index (χ1v) is 4.65. The van der Waals surface area contributed by atoms with Gasteiger partial charge in [0.05, 0.1) is 17.3 Å². The van der Waals surface area contributed by atoms with E-state index < -0.39 is 5.82 Å². The minimum atomic E-state index is -0.438. The van der Waals surface area contributed by atoms with Crippen molar-refractivity contribution in [2.75, 3.05) is 0 Å². The van der Waals surface area contributed by atoms with Crippen molar-refractivity contribution in [3.63, 3.8) is 0 Å². The van der Waals surface area contributed by atoms with Crippen LogP contribution in [0.5, 0.6) is 0 Å². The fraction of sp³-hybridized carbons (Fsp3) is 0. The highest BCUT2D eigenvalue weighted by Gasteiger charge is 2.06. The first-order chi connectivity index (χ1) is 6.72. The molecule has 0 aliphatic rings. The zero-order valence-electron chi connectivity index (χ0n) is 6.96. The van der Waals surface area contributed by atoms with Crippen LogP contribution in [0.2, 0.25) is 0 Å². The van der Waals surface area contributed by atoms with Crippen LogP contribution in [0, 0.1) is 17.1 Å². The van der Waals surface area contributed by atoms with E-state index in [0.717, 1.165) is 6.20 Å². The molecule has 14 heavy (non-hydrogen) atoms. The summed E-state index contributed by atoms with van der Waals surface area (Å²) in [6.07, 6.45) is 1.14. The Morgan fingerprint density at radius 2 is 2.21 bits per heavy atom. The topological polar surface area (TPSA) is 36.7 Å². The van der Waals surface area contributed by atoms with Crippen LogP contribution in [0.1, 0.15) is 5.56 Å². The first-order valence-electron chi connectivity index (χ1n) is 3.86. The van der Waals surface area contributed by atoms with Crippen LogP contribution in [0.3, 0.4) is 0 Å². The van der Waals surface area contributed by atoms with Gasteiger partial charge in [-0.1, -0.05) is 0 Å². The number of aromatic nitrogens is 1. The van der Waals surface area contributed by atoms with Gasteiger partial charge in [0.15, 0.2) is 0 Å². The average Bonchev–Trinajstić information content (AvgIpc) is 2.17. The summed E-state index contributed by atoms with van der Waals surface area (Å²) in [6, 6.07) is 6.79. The van der Waals surface area contributed by atoms with Gasteiger partial charge in [-0.3, -0.25) is 4.98 Å². The van der Waals surface area contributed by atoms with Crippen LogP contribution in [-0.2, 0) is 0 Å². The molecule has 0 amide bonds. The summed E-state index contributed by atoms with van der Waals surface area (Å²) in [5.74, 6) is -0.438. The molecule has 2 aromatic rings. The minimum Gasteiger partial charge on any atom is -0.253 e. The lowest BCUT2D eigenvalue weighted by molar-refractivity contribution is 0.624. The summed E-state index contributed by atoms with van der Waals surface area (Å²) in [5, 5.41) is 9.41. The van der Waals surface area contributed by atoms with E-state index in [9.17, 15) is 4.39 Å². The molecule has 0 radical (unpaired) electrons. The highest BCUT2D eigenvalue weighted by molar-refractivity contribution is 9.10. The predicted molar refractivity (Wildman–Crippen MR) is 54.1 cm³/mol. The Hall–Kier alpha value is -1.47. The van der Waals surface area contributed by atoms with Crippen LogP contribution in [0.15, 0.2) is 28.9 Å². The Morgan fingerprint density at radius 3 is 2.93 bits per heavy atom. The van der Waals surface area contributed by atoms with E-state index in [-0.39, 0.29) is 0 Å². The van der Waals surface area contributed by atoms with Gasteiger partial charge in [-0.2, -0.15) is 5.26 Å². The highest BCUT2D eigenvalue weighted by atomic mass is 79.9. The van der Waals surface area contributed by atoms with Crippen molar-refractivity contribution in [2.24, 2.45) is 0 Å². The highest BCUT2D eigenvalue weighted by Crippen LogP contribution is 2.24. The molecule has 0 aliphatic heterocycles. The molecule has 68 valence electrons. The summed E-state index contributed by atoms with van der Waals surface area (Å²) in [7, 11) is 0. The predicted octanol–water partition coefficient (Wildman–Crippen LogP) is 3.01. The van der Waals surface area contributed by atoms with Gasteiger partial charge in [0.2, 0.25) is 0 Å². The van der Waals surface area contributed by atoms with Crippen molar-refractivity contribution >= 4 is 26.8 Å². The molecular weight excluding hydrogens is 247 g/mol. The molecule has 1 heterocycles. The second-order valence-electron chi connectivity index (χ2n) is 2.75. The van der Waals surface area contributed by atoms with Crippen molar-refractivity contribution in [1.29, 1.82) is 5.26 Å². The van der Waals surface area contributed by atoms with E-state index in [2.05, 4.69) is 20.9 Å². The van der Waals surface area contributed by atoms with Crippen molar-refractivity contribution in [1.82, 2.24) is 4.98 Å². The number of hydrogen-bond donors (Lipinski definition) is 0. The molecule has 2 rings (SSSR count). The summed E-state index contributed by atoms with van der Waals surface area (Å²) >= 11 is 3.23. The van der Waals surface area contributed by atoms with Gasteiger partial charge in [-0.05, 0) is 34.1 Å². The molecule has 0 saturated carbocycles. The quantitative estimate of drug-likeness (QED) is 0.721. The number of nitriles is 1. The van der Waals surface area contributed by atoms with Gasteiger partial charge in [0.1, 0.15) is 11.9 Å². The Labute approximate surface area is 88.1 Å². The molecular formula is C10H4BrFN2. The minimum absolute atomic E-state index is 0.412. The second kappa shape index (κ2) is 3.35. The third kappa shape index (κ3) is 1.36. The van der Waals surface area contributed by atoms with E-state index in [1.54, 1.807) is 12.1 Å². The molecule has 1 aromatic carbocycles. The lowest BCUT2D eigenvalue weighted by Crippen LogP contribution is -1.86. The SMILES string of the molecule is N#Cc1c(Br)ccc2ncc(F)cc12. The molecule has 0 spiro atoms. The van der Waals surface area contributed by atoms with Crippen LogP contribution < -0.4 is 0 Å². The summed E-state index contributed by atoms with van der Waals surface area (Å²) < 4.78 is 13.6. The molecule has 4 heteroatoms. The Morgan fingerprint density at radius 1 is 1.43 bits per heavy atom. The third-order valence-electron chi connectivity index (χ3n) is 1.89. The Bertz CT molecular complexity index is 540. The number of benzene rings is 1. The van der Waals surface area contributed by atoms with Crippen molar-refractivity contribution in [3.05, 3.63) is 40.2 Å². The standard InChI is InChI=1S/C10H4BrFN2/c11-9-1-2-10-7(8(9)4-13)3-6(12)5-14-10/h1-3,5H. The second-order valence-corrected chi connectivity index (χ2v) is 3.61. The molecule has 0 saturated heterocycles. The monoisotopic (exact) mass is 250 g/mol. The van der Waals surface area contributed by atoms with E-state index >= 15 is 0 Å². The number of rotatable bonds is 0. The van der Waals surface area contributed by atoms with Crippen molar-refractivity contribution in [2.45, 2.75) is 0 Å². The van der Waals surface area contributed by atoms with Gasteiger partial charge >= 0.3 is 0 Å². The summed E-state index contributed by atoms with van der Waals surface area (Å²) in [5.41, 5.74) is 1.03. The zero-order chi connectivity index (χ0) is 10.1. The molecule has 0 unspecified atom stereocenters. The Balaban J connectivity index is 2.93. The van der Waals surface area contributed by atoms with Crippen LogP contribution in [0.4, 0.5) is 4.39 Å². The van der Waals surface area contributed by atoms with Crippen molar-refractivity contribution in [3.8, 4) is 6.07 Å². The maximum absolute atomic E-state index is 12.9. The van der Waals surface area contributed by atoms with Gasteiger partial charge in [-0.25, -0.2) is 4.39 Å². The summed E-state index contributed by atoms with van der Waals surface area (Å²) in [4.78, 5) is 3.88. The van der Waals surface area contributed by atoms with Gasteiger partial charge in [0, 0.05) is 9.86 Å².